The van der Waals surface area contributed by atoms with Crippen LogP contribution in [0, 0.1) is 0 Å². The molecule has 0 saturated carbocycles. The number of carbonyl (C=O) groups is 1. The second kappa shape index (κ2) is 8.29. The van der Waals surface area contributed by atoms with Gasteiger partial charge in [0.05, 0.1) is 10.5 Å². The molecule has 0 aliphatic carbocycles. The Balaban J connectivity index is 3.37. The van der Waals surface area contributed by atoms with E-state index < -0.39 is 10.0 Å². The largest absolute Gasteiger partial charge is 0.339 e. The van der Waals surface area contributed by atoms with Crippen LogP contribution in [-0.2, 0) is 16.4 Å². The maximum Gasteiger partial charge on any atom is 0.255 e. The molecule has 0 radical (unpaired) electrons. The number of nitrogens with two attached hydrogens (primary N) is 1. The van der Waals surface area contributed by atoms with E-state index in [1.807, 2.05) is 19.9 Å². The lowest BCUT2D eigenvalue weighted by Gasteiger charge is -2.22. The zero-order valence-electron chi connectivity index (χ0n) is 13.6. The SMILES string of the molecule is CCCCCc1cccc(S(N)(=O)=O)c1C(=O)N(CC)CC. The van der Waals surface area contributed by atoms with Crippen LogP contribution in [0.4, 0.5) is 0 Å². The van der Waals surface area contributed by atoms with E-state index in [0.29, 0.717) is 19.5 Å². The number of primary sulfonamides is 1. The molecule has 0 aliphatic rings. The molecule has 0 atom stereocenters. The fourth-order valence-electron chi connectivity index (χ4n) is 2.50. The van der Waals surface area contributed by atoms with Crippen LogP contribution >= 0.6 is 0 Å². The Bertz CT molecular complexity index is 608. The van der Waals surface area contributed by atoms with Gasteiger partial charge in [-0.25, -0.2) is 13.6 Å². The van der Waals surface area contributed by atoms with E-state index in [2.05, 4.69) is 6.92 Å². The second-order valence-corrected chi connectivity index (χ2v) is 6.80. The molecule has 1 amide bonds. The van der Waals surface area contributed by atoms with Crippen molar-refractivity contribution in [3.8, 4) is 0 Å². The van der Waals surface area contributed by atoms with E-state index in [1.165, 1.54) is 6.07 Å². The molecule has 0 aromatic heterocycles. The lowest BCUT2D eigenvalue weighted by atomic mass is 10.00. The van der Waals surface area contributed by atoms with Crippen molar-refractivity contribution < 1.29 is 13.2 Å². The molecule has 1 rings (SSSR count). The number of amides is 1. The third-order valence-corrected chi connectivity index (χ3v) is 4.69. The number of benzene rings is 1. The van der Waals surface area contributed by atoms with Gasteiger partial charge in [-0.2, -0.15) is 0 Å². The van der Waals surface area contributed by atoms with Gasteiger partial charge in [0.15, 0.2) is 0 Å². The summed E-state index contributed by atoms with van der Waals surface area (Å²) < 4.78 is 23.7. The Morgan fingerprint density at radius 3 is 2.27 bits per heavy atom. The summed E-state index contributed by atoms with van der Waals surface area (Å²) in [6, 6.07) is 4.89. The normalized spacial score (nSPS) is 11.5. The van der Waals surface area contributed by atoms with Crippen molar-refractivity contribution in [3.05, 3.63) is 29.3 Å². The molecular weight excluding hydrogens is 300 g/mol. The van der Waals surface area contributed by atoms with Gasteiger partial charge in [-0.05, 0) is 38.3 Å². The summed E-state index contributed by atoms with van der Waals surface area (Å²) >= 11 is 0. The first-order valence-electron chi connectivity index (χ1n) is 7.80. The zero-order valence-corrected chi connectivity index (χ0v) is 14.4. The highest BCUT2D eigenvalue weighted by molar-refractivity contribution is 7.89. The number of carbonyl (C=O) groups excluding carboxylic acids is 1. The van der Waals surface area contributed by atoms with Crippen LogP contribution < -0.4 is 5.14 Å². The van der Waals surface area contributed by atoms with Crippen LogP contribution in [0.5, 0.6) is 0 Å². The average molecular weight is 326 g/mol. The van der Waals surface area contributed by atoms with Crippen molar-refractivity contribution in [2.75, 3.05) is 13.1 Å². The molecular formula is C16H26N2O3S. The van der Waals surface area contributed by atoms with E-state index in [0.717, 1.165) is 24.8 Å². The van der Waals surface area contributed by atoms with Gasteiger partial charge in [-0.15, -0.1) is 0 Å². The minimum absolute atomic E-state index is 0.0709. The van der Waals surface area contributed by atoms with Crippen molar-refractivity contribution >= 4 is 15.9 Å². The molecule has 6 heteroatoms. The van der Waals surface area contributed by atoms with Gasteiger partial charge in [0.2, 0.25) is 10.0 Å². The van der Waals surface area contributed by atoms with Crippen LogP contribution in [0.1, 0.15) is 56.0 Å². The molecule has 22 heavy (non-hydrogen) atoms. The van der Waals surface area contributed by atoms with E-state index in [9.17, 15) is 13.2 Å². The zero-order chi connectivity index (χ0) is 16.8. The summed E-state index contributed by atoms with van der Waals surface area (Å²) in [4.78, 5) is 14.3. The molecule has 0 fully saturated rings. The Morgan fingerprint density at radius 1 is 1.14 bits per heavy atom. The van der Waals surface area contributed by atoms with Crippen LogP contribution in [-0.4, -0.2) is 32.3 Å². The van der Waals surface area contributed by atoms with Crippen LogP contribution in [0.15, 0.2) is 23.1 Å². The summed E-state index contributed by atoms with van der Waals surface area (Å²) in [5.74, 6) is -0.263. The lowest BCUT2D eigenvalue weighted by Crippen LogP contribution is -2.33. The first kappa shape index (κ1) is 18.6. The van der Waals surface area contributed by atoms with Gasteiger partial charge in [0, 0.05) is 13.1 Å². The van der Waals surface area contributed by atoms with Crippen molar-refractivity contribution in [1.29, 1.82) is 0 Å². The molecule has 1 aromatic rings. The smallest absolute Gasteiger partial charge is 0.255 e. The fraction of sp³-hybridized carbons (Fsp3) is 0.562. The highest BCUT2D eigenvalue weighted by Gasteiger charge is 2.25. The van der Waals surface area contributed by atoms with Crippen molar-refractivity contribution in [1.82, 2.24) is 4.90 Å². The molecule has 1 aromatic carbocycles. The van der Waals surface area contributed by atoms with Crippen LogP contribution in [0.2, 0.25) is 0 Å². The highest BCUT2D eigenvalue weighted by Crippen LogP contribution is 2.23. The van der Waals surface area contributed by atoms with Gasteiger partial charge >= 0.3 is 0 Å². The molecule has 0 spiro atoms. The third kappa shape index (κ3) is 4.55. The van der Waals surface area contributed by atoms with Gasteiger partial charge in [0.1, 0.15) is 0 Å². The Labute approximate surface area is 133 Å². The lowest BCUT2D eigenvalue weighted by molar-refractivity contribution is 0.0768. The molecule has 5 nitrogen and oxygen atoms in total. The summed E-state index contributed by atoms with van der Waals surface area (Å²) in [6.07, 6.45) is 3.70. The summed E-state index contributed by atoms with van der Waals surface area (Å²) in [7, 11) is -3.93. The number of hydrogen-bond acceptors (Lipinski definition) is 3. The maximum atomic E-state index is 12.7. The van der Waals surface area contributed by atoms with E-state index in [4.69, 9.17) is 5.14 Å². The Morgan fingerprint density at radius 2 is 1.77 bits per heavy atom. The van der Waals surface area contributed by atoms with Gasteiger partial charge < -0.3 is 4.90 Å². The molecule has 0 unspecified atom stereocenters. The van der Waals surface area contributed by atoms with Crippen LogP contribution in [0.3, 0.4) is 0 Å². The molecule has 0 bridgehead atoms. The Kier molecular flexibility index (Phi) is 7.03. The third-order valence-electron chi connectivity index (χ3n) is 3.73. The monoisotopic (exact) mass is 326 g/mol. The molecule has 0 heterocycles. The molecule has 124 valence electrons. The summed E-state index contributed by atoms with van der Waals surface area (Å²) in [5, 5.41) is 5.30. The molecule has 2 N–H and O–H groups in total. The molecule has 0 saturated heterocycles. The minimum Gasteiger partial charge on any atom is -0.339 e. The molecule has 0 aliphatic heterocycles. The van der Waals surface area contributed by atoms with Crippen molar-refractivity contribution in [3.63, 3.8) is 0 Å². The number of rotatable bonds is 8. The van der Waals surface area contributed by atoms with E-state index in [1.54, 1.807) is 11.0 Å². The maximum absolute atomic E-state index is 12.7. The van der Waals surface area contributed by atoms with Gasteiger partial charge in [-0.3, -0.25) is 4.79 Å². The van der Waals surface area contributed by atoms with Crippen LogP contribution in [0.25, 0.3) is 0 Å². The van der Waals surface area contributed by atoms with Gasteiger partial charge in [-0.1, -0.05) is 31.9 Å². The van der Waals surface area contributed by atoms with E-state index in [-0.39, 0.29) is 16.4 Å². The summed E-state index contributed by atoms with van der Waals surface area (Å²) in [5.41, 5.74) is 1.00. The standard InChI is InChI=1S/C16H26N2O3S/c1-4-7-8-10-13-11-9-12-14(22(17,20)21)15(13)16(19)18(5-2)6-3/h9,11-12H,4-8,10H2,1-3H3,(H2,17,20,21). The van der Waals surface area contributed by atoms with E-state index >= 15 is 0 Å². The fourth-order valence-corrected chi connectivity index (χ4v) is 3.27. The number of aryl methyl sites for hydroxylation is 1. The topological polar surface area (TPSA) is 80.5 Å². The van der Waals surface area contributed by atoms with Gasteiger partial charge in [0.25, 0.3) is 5.91 Å². The number of nitrogens with zero attached hydrogens (tertiary/aromatic N) is 1. The minimum atomic E-state index is -3.93. The van der Waals surface area contributed by atoms with Crippen molar-refractivity contribution in [2.45, 2.75) is 51.3 Å². The second-order valence-electron chi connectivity index (χ2n) is 5.27. The number of hydrogen-bond donors (Lipinski definition) is 1. The average Bonchev–Trinajstić information content (AvgIpc) is 2.47. The summed E-state index contributed by atoms with van der Waals surface area (Å²) in [6.45, 7) is 6.91. The first-order valence-corrected chi connectivity index (χ1v) is 9.35. The Hall–Kier alpha value is -1.40. The predicted octanol–water partition coefficient (Wildman–Crippen LogP) is 2.55. The quantitative estimate of drug-likeness (QED) is 0.745. The first-order chi connectivity index (χ1) is 10.4. The predicted molar refractivity (Wildman–Crippen MR) is 88.3 cm³/mol. The highest BCUT2D eigenvalue weighted by atomic mass is 32.2. The number of sulfonamides is 1. The number of unbranched alkanes of at least 4 members (excludes halogenated alkanes) is 2. The van der Waals surface area contributed by atoms with Crippen molar-refractivity contribution in [2.24, 2.45) is 5.14 Å².